The van der Waals surface area contributed by atoms with Crippen LogP contribution in [0.15, 0.2) is 78.4 Å². The van der Waals surface area contributed by atoms with E-state index in [0.717, 1.165) is 29.0 Å². The van der Waals surface area contributed by atoms with E-state index in [4.69, 9.17) is 4.74 Å². The van der Waals surface area contributed by atoms with Crippen molar-refractivity contribution in [3.05, 3.63) is 101 Å². The first-order valence-electron chi connectivity index (χ1n) is 10.4. The van der Waals surface area contributed by atoms with Crippen LogP contribution in [0.5, 0.6) is 5.75 Å². The summed E-state index contributed by atoms with van der Waals surface area (Å²) in [5.74, 6) is 0.526. The fourth-order valence-corrected chi connectivity index (χ4v) is 3.93. The van der Waals surface area contributed by atoms with Crippen molar-refractivity contribution < 1.29 is 22.7 Å². The maximum absolute atomic E-state index is 12.7. The molecule has 0 fully saturated rings. The normalized spacial score (nSPS) is 11.3. The van der Waals surface area contributed by atoms with Gasteiger partial charge in [-0.15, -0.1) is 11.3 Å². The number of thiazole rings is 1. The van der Waals surface area contributed by atoms with E-state index in [9.17, 15) is 18.0 Å². The Kier molecular flexibility index (Phi) is 7.22. The van der Waals surface area contributed by atoms with Gasteiger partial charge in [0.1, 0.15) is 17.4 Å². The Labute approximate surface area is 198 Å². The van der Waals surface area contributed by atoms with Crippen LogP contribution in [0.3, 0.4) is 0 Å². The average molecular weight is 484 g/mol. The summed E-state index contributed by atoms with van der Waals surface area (Å²) < 4.78 is 43.9. The smallest absolute Gasteiger partial charge is 0.416 e. The first-order valence-corrected chi connectivity index (χ1v) is 11.2. The number of nitrogens with one attached hydrogen (secondary N) is 1. The maximum Gasteiger partial charge on any atom is 0.416 e. The van der Waals surface area contributed by atoms with E-state index in [1.54, 1.807) is 17.8 Å². The fraction of sp³-hybridized carbons (Fsp3) is 0.160. The molecule has 0 aliphatic rings. The summed E-state index contributed by atoms with van der Waals surface area (Å²) in [5.41, 5.74) is 2.33. The molecule has 2 heterocycles. The molecule has 1 N–H and O–H groups in total. The zero-order valence-electron chi connectivity index (χ0n) is 17.9. The number of benzene rings is 2. The molecule has 0 spiro atoms. The van der Waals surface area contributed by atoms with Gasteiger partial charge in [-0.05, 0) is 35.9 Å². The summed E-state index contributed by atoms with van der Waals surface area (Å²) in [6.45, 7) is 0.781. The lowest BCUT2D eigenvalue weighted by atomic mass is 10.1. The number of ether oxygens (including phenoxy) is 1. The molecule has 0 atom stereocenters. The first-order chi connectivity index (χ1) is 16.4. The molecule has 0 aliphatic carbocycles. The molecule has 0 aliphatic heterocycles. The van der Waals surface area contributed by atoms with Gasteiger partial charge in [-0.1, -0.05) is 30.3 Å². The van der Waals surface area contributed by atoms with Gasteiger partial charge in [0.05, 0.1) is 17.7 Å². The van der Waals surface area contributed by atoms with Crippen LogP contribution in [0.1, 0.15) is 22.4 Å². The van der Waals surface area contributed by atoms with Crippen LogP contribution in [-0.2, 0) is 30.5 Å². The molecule has 34 heavy (non-hydrogen) atoms. The molecule has 9 heteroatoms. The zero-order chi connectivity index (χ0) is 24.0. The van der Waals surface area contributed by atoms with Crippen LogP contribution in [0.25, 0.3) is 10.6 Å². The van der Waals surface area contributed by atoms with Crippen molar-refractivity contribution in [3.8, 4) is 16.3 Å². The molecule has 4 aromatic rings. The number of nitrogens with zero attached hydrogens (tertiary/aromatic N) is 2. The predicted molar refractivity (Wildman–Crippen MR) is 123 cm³/mol. The second-order valence-electron chi connectivity index (χ2n) is 7.47. The largest absolute Gasteiger partial charge is 0.489 e. The molecule has 174 valence electrons. The summed E-state index contributed by atoms with van der Waals surface area (Å²) in [7, 11) is 0. The molecular formula is C25H20F3N3O2S. The number of hydrogen-bond acceptors (Lipinski definition) is 5. The lowest BCUT2D eigenvalue weighted by molar-refractivity contribution is -0.137. The van der Waals surface area contributed by atoms with Crippen LogP contribution in [0.2, 0.25) is 0 Å². The molecule has 4 rings (SSSR count). The Balaban J connectivity index is 1.25. The van der Waals surface area contributed by atoms with E-state index in [2.05, 4.69) is 15.3 Å². The van der Waals surface area contributed by atoms with Crippen molar-refractivity contribution in [3.63, 3.8) is 0 Å². The second-order valence-corrected chi connectivity index (χ2v) is 8.32. The van der Waals surface area contributed by atoms with Crippen molar-refractivity contribution in [1.82, 2.24) is 15.3 Å². The zero-order valence-corrected chi connectivity index (χ0v) is 18.7. The fourth-order valence-electron chi connectivity index (χ4n) is 3.10. The Hall–Kier alpha value is -3.72. The third-order valence-corrected chi connectivity index (χ3v) is 5.83. The molecule has 0 radical (unpaired) electrons. The van der Waals surface area contributed by atoms with Gasteiger partial charge < -0.3 is 10.1 Å². The highest BCUT2D eigenvalue weighted by Gasteiger charge is 2.30. The summed E-state index contributed by atoms with van der Waals surface area (Å²) in [4.78, 5) is 20.7. The quantitative estimate of drug-likeness (QED) is 0.351. The molecule has 2 aromatic carbocycles. The highest BCUT2D eigenvalue weighted by atomic mass is 32.1. The lowest BCUT2D eigenvalue weighted by Crippen LogP contribution is -2.24. The van der Waals surface area contributed by atoms with Gasteiger partial charge >= 0.3 is 6.18 Å². The minimum Gasteiger partial charge on any atom is -0.489 e. The highest BCUT2D eigenvalue weighted by molar-refractivity contribution is 7.13. The second kappa shape index (κ2) is 10.5. The number of alkyl halides is 3. The number of carbonyl (C=O) groups excluding carboxylic acids is 1. The van der Waals surface area contributed by atoms with E-state index >= 15 is 0 Å². The monoisotopic (exact) mass is 483 g/mol. The predicted octanol–water partition coefficient (Wildman–Crippen LogP) is 5.66. The van der Waals surface area contributed by atoms with E-state index in [1.165, 1.54) is 23.5 Å². The van der Waals surface area contributed by atoms with Crippen LogP contribution < -0.4 is 10.1 Å². The van der Waals surface area contributed by atoms with Gasteiger partial charge in [-0.25, -0.2) is 4.98 Å². The molecule has 0 saturated heterocycles. The molecule has 0 bridgehead atoms. The minimum atomic E-state index is -4.38. The van der Waals surface area contributed by atoms with Crippen LogP contribution >= 0.6 is 11.3 Å². The Morgan fingerprint density at radius 3 is 2.44 bits per heavy atom. The van der Waals surface area contributed by atoms with Gasteiger partial charge in [0.25, 0.3) is 0 Å². The van der Waals surface area contributed by atoms with Crippen molar-refractivity contribution in [2.75, 3.05) is 0 Å². The number of amides is 1. The summed E-state index contributed by atoms with van der Waals surface area (Å²) in [5, 5.41) is 5.15. The molecule has 0 unspecified atom stereocenters. The molecule has 2 aromatic heterocycles. The Bertz CT molecular complexity index is 1230. The number of halogens is 3. The highest BCUT2D eigenvalue weighted by Crippen LogP contribution is 2.31. The number of rotatable bonds is 8. The van der Waals surface area contributed by atoms with Gasteiger partial charge in [0.15, 0.2) is 0 Å². The van der Waals surface area contributed by atoms with E-state index in [-0.39, 0.29) is 12.3 Å². The standard InChI is InChI=1S/C25H20F3N3O2S/c26-25(27,28)20-7-5-19(6-8-20)24-31-21(16-34-24)12-23(32)30-14-17-3-9-22(10-4-17)33-15-18-2-1-11-29-13-18/h1-11,13,16H,12,14-15H2,(H,30,32). The molecule has 0 saturated carbocycles. The topological polar surface area (TPSA) is 64.1 Å². The Morgan fingerprint density at radius 2 is 1.76 bits per heavy atom. The SMILES string of the molecule is O=C(Cc1csc(-c2ccc(C(F)(F)F)cc2)n1)NCc1ccc(OCc2cccnc2)cc1. The first kappa shape index (κ1) is 23.4. The number of hydrogen-bond donors (Lipinski definition) is 1. The van der Waals surface area contributed by atoms with Gasteiger partial charge in [-0.2, -0.15) is 13.2 Å². The molecular weight excluding hydrogens is 463 g/mol. The van der Waals surface area contributed by atoms with Gasteiger partial charge in [-0.3, -0.25) is 9.78 Å². The van der Waals surface area contributed by atoms with E-state index in [0.29, 0.717) is 29.4 Å². The van der Waals surface area contributed by atoms with Crippen molar-refractivity contribution >= 4 is 17.2 Å². The summed E-state index contributed by atoms with van der Waals surface area (Å²) >= 11 is 1.29. The van der Waals surface area contributed by atoms with Crippen LogP contribution in [-0.4, -0.2) is 15.9 Å². The molecule has 1 amide bonds. The van der Waals surface area contributed by atoms with Crippen LogP contribution in [0, 0.1) is 0 Å². The third-order valence-electron chi connectivity index (χ3n) is 4.89. The van der Waals surface area contributed by atoms with Gasteiger partial charge in [0.2, 0.25) is 5.91 Å². The summed E-state index contributed by atoms with van der Waals surface area (Å²) in [6.07, 6.45) is -0.834. The minimum absolute atomic E-state index is 0.0867. The lowest BCUT2D eigenvalue weighted by Gasteiger charge is -2.08. The average Bonchev–Trinajstić information content (AvgIpc) is 3.31. The van der Waals surface area contributed by atoms with E-state index < -0.39 is 11.7 Å². The molecule has 5 nitrogen and oxygen atoms in total. The number of aromatic nitrogens is 2. The van der Waals surface area contributed by atoms with Gasteiger partial charge in [0, 0.05) is 35.4 Å². The van der Waals surface area contributed by atoms with Crippen LogP contribution in [0.4, 0.5) is 13.2 Å². The summed E-state index contributed by atoms with van der Waals surface area (Å²) in [6, 6.07) is 16.1. The van der Waals surface area contributed by atoms with E-state index in [1.807, 2.05) is 36.4 Å². The maximum atomic E-state index is 12.7. The third kappa shape index (κ3) is 6.41. The van der Waals surface area contributed by atoms with Crippen molar-refractivity contribution in [2.45, 2.75) is 25.7 Å². The number of pyridine rings is 1. The van der Waals surface area contributed by atoms with Crippen molar-refractivity contribution in [2.24, 2.45) is 0 Å². The number of carbonyl (C=O) groups is 1. The van der Waals surface area contributed by atoms with Crippen molar-refractivity contribution in [1.29, 1.82) is 0 Å². The Morgan fingerprint density at radius 1 is 1.00 bits per heavy atom.